The highest BCUT2D eigenvalue weighted by Gasteiger charge is 2.61. The van der Waals surface area contributed by atoms with Crippen molar-refractivity contribution in [1.82, 2.24) is 0 Å². The molecule has 0 aliphatic heterocycles. The molecule has 0 N–H and O–H groups in total. The molecule has 4 aliphatic rings. The fraction of sp³-hybridized carbons (Fsp3) is 0.655. The van der Waals surface area contributed by atoms with E-state index in [0.29, 0.717) is 35.7 Å². The topological polar surface area (TPSA) is 34.1 Å². The lowest BCUT2D eigenvalue weighted by molar-refractivity contribution is -0.130. The minimum absolute atomic E-state index is 0.0492. The van der Waals surface area contributed by atoms with Gasteiger partial charge in [-0.3, -0.25) is 9.59 Å². The molecule has 0 aromatic heterocycles. The first-order valence-corrected chi connectivity index (χ1v) is 12.9. The van der Waals surface area contributed by atoms with Crippen molar-refractivity contribution in [3.63, 3.8) is 0 Å². The highest BCUT2D eigenvalue weighted by molar-refractivity contribution is 5.91. The standard InChI is InChI=1S/C29H36F2O2/c1-18(32)23-8-9-25-22-7-6-20-17-21(33)11-14-28(20,2)24(22)12-15-29(23,25)13-3-4-19-5-10-26(30)27(31)16-19/h5,10,16-17,22-25H,3-4,6-9,11-15H2,1-2H3/t22-,23-,24+,25+,28+,29-/m1/s1. The Hall–Kier alpha value is -1.84. The predicted octanol–water partition coefficient (Wildman–Crippen LogP) is 7.00. The summed E-state index contributed by atoms with van der Waals surface area (Å²) in [7, 11) is 0. The summed E-state index contributed by atoms with van der Waals surface area (Å²) < 4.78 is 27.0. The van der Waals surface area contributed by atoms with Crippen LogP contribution in [-0.2, 0) is 16.0 Å². The number of fused-ring (bicyclic) bond motifs is 5. The van der Waals surface area contributed by atoms with E-state index in [0.717, 1.165) is 69.8 Å². The Balaban J connectivity index is 1.38. The van der Waals surface area contributed by atoms with E-state index in [1.807, 2.05) is 6.08 Å². The summed E-state index contributed by atoms with van der Waals surface area (Å²) in [6.45, 7) is 4.17. The van der Waals surface area contributed by atoms with Gasteiger partial charge < -0.3 is 0 Å². The first-order chi connectivity index (χ1) is 15.7. The second kappa shape index (κ2) is 8.43. The molecule has 1 aromatic carbocycles. The number of hydrogen-bond donors (Lipinski definition) is 0. The molecule has 178 valence electrons. The molecular weight excluding hydrogens is 418 g/mol. The number of allylic oxidation sites excluding steroid dienone is 1. The highest BCUT2D eigenvalue weighted by Crippen LogP contribution is 2.68. The van der Waals surface area contributed by atoms with Crippen molar-refractivity contribution in [2.45, 2.75) is 84.5 Å². The Morgan fingerprint density at radius 3 is 2.61 bits per heavy atom. The Bertz CT molecular complexity index is 997. The molecule has 0 heterocycles. The molecule has 0 radical (unpaired) electrons. The van der Waals surface area contributed by atoms with Crippen LogP contribution in [0.3, 0.4) is 0 Å². The van der Waals surface area contributed by atoms with Gasteiger partial charge in [0.2, 0.25) is 0 Å². The molecule has 2 nitrogen and oxygen atoms in total. The molecule has 0 amide bonds. The molecule has 5 rings (SSSR count). The van der Waals surface area contributed by atoms with E-state index in [-0.39, 0.29) is 16.7 Å². The number of Topliss-reactive ketones (excluding diaryl/α,β-unsaturated/α-hetero) is 1. The second-order valence-electron chi connectivity index (χ2n) is 11.6. The van der Waals surface area contributed by atoms with Crippen LogP contribution in [0.1, 0.15) is 83.6 Å². The van der Waals surface area contributed by atoms with Gasteiger partial charge in [-0.25, -0.2) is 8.78 Å². The van der Waals surface area contributed by atoms with E-state index in [1.165, 1.54) is 17.7 Å². The molecule has 0 saturated heterocycles. The van der Waals surface area contributed by atoms with Gasteiger partial charge in [-0.15, -0.1) is 0 Å². The zero-order valence-electron chi connectivity index (χ0n) is 20.0. The SMILES string of the molecule is CC(=O)[C@H]1CC[C@H]2[C@@H]3CCC4=CC(=O)CC[C@]4(C)[C@H]3CC[C@]12CCCc1ccc(F)c(F)c1. The molecular formula is C29H36F2O2. The third kappa shape index (κ3) is 3.72. The summed E-state index contributed by atoms with van der Waals surface area (Å²) in [6, 6.07) is 4.22. The molecule has 0 unspecified atom stereocenters. The van der Waals surface area contributed by atoms with Crippen molar-refractivity contribution in [1.29, 1.82) is 0 Å². The summed E-state index contributed by atoms with van der Waals surface area (Å²) in [6.07, 6.45) is 12.7. The molecule has 6 atom stereocenters. The van der Waals surface area contributed by atoms with Crippen molar-refractivity contribution in [3.8, 4) is 0 Å². The smallest absolute Gasteiger partial charge is 0.159 e. The van der Waals surface area contributed by atoms with Crippen LogP contribution >= 0.6 is 0 Å². The Labute approximate surface area is 196 Å². The normalized spacial score (nSPS) is 37.7. The number of ketones is 2. The van der Waals surface area contributed by atoms with Crippen LogP contribution in [0.2, 0.25) is 0 Å². The monoisotopic (exact) mass is 454 g/mol. The summed E-state index contributed by atoms with van der Waals surface area (Å²) in [5.74, 6) is 0.971. The lowest BCUT2D eigenvalue weighted by Crippen LogP contribution is -2.52. The van der Waals surface area contributed by atoms with Gasteiger partial charge in [0.05, 0.1) is 0 Å². The Morgan fingerprint density at radius 2 is 1.85 bits per heavy atom. The number of hydrogen-bond acceptors (Lipinski definition) is 2. The summed E-state index contributed by atoms with van der Waals surface area (Å²) in [5, 5.41) is 0. The maximum atomic E-state index is 13.7. The highest BCUT2D eigenvalue weighted by atomic mass is 19.2. The third-order valence-corrected chi connectivity index (χ3v) is 10.3. The van der Waals surface area contributed by atoms with E-state index in [4.69, 9.17) is 0 Å². The van der Waals surface area contributed by atoms with Gasteiger partial charge in [0.25, 0.3) is 0 Å². The Kier molecular flexibility index (Phi) is 5.86. The van der Waals surface area contributed by atoms with Crippen molar-refractivity contribution in [3.05, 3.63) is 47.0 Å². The van der Waals surface area contributed by atoms with E-state index < -0.39 is 11.6 Å². The maximum Gasteiger partial charge on any atom is 0.159 e. The molecule has 0 bridgehead atoms. The molecule has 0 spiro atoms. The van der Waals surface area contributed by atoms with Crippen LogP contribution in [0, 0.1) is 46.1 Å². The van der Waals surface area contributed by atoms with Crippen molar-refractivity contribution >= 4 is 11.6 Å². The van der Waals surface area contributed by atoms with Crippen LogP contribution in [0.15, 0.2) is 29.8 Å². The van der Waals surface area contributed by atoms with Crippen LogP contribution < -0.4 is 0 Å². The average Bonchev–Trinajstić information content (AvgIpc) is 3.16. The predicted molar refractivity (Wildman–Crippen MR) is 125 cm³/mol. The van der Waals surface area contributed by atoms with Gasteiger partial charge in [0.15, 0.2) is 17.4 Å². The number of carbonyl (C=O) groups excluding carboxylic acids is 2. The number of halogens is 2. The van der Waals surface area contributed by atoms with Gasteiger partial charge in [0, 0.05) is 12.3 Å². The van der Waals surface area contributed by atoms with Crippen molar-refractivity contribution in [2.75, 3.05) is 0 Å². The van der Waals surface area contributed by atoms with Crippen LogP contribution in [-0.4, -0.2) is 11.6 Å². The quantitative estimate of drug-likeness (QED) is 0.480. The largest absolute Gasteiger partial charge is 0.300 e. The fourth-order valence-electron chi connectivity index (χ4n) is 8.78. The van der Waals surface area contributed by atoms with Crippen LogP contribution in [0.5, 0.6) is 0 Å². The maximum absolute atomic E-state index is 13.7. The first kappa shape index (κ1) is 22.9. The molecule has 1 aromatic rings. The van der Waals surface area contributed by atoms with Crippen molar-refractivity contribution in [2.24, 2.45) is 34.5 Å². The zero-order valence-corrected chi connectivity index (χ0v) is 20.0. The number of aryl methyl sites for hydroxylation is 1. The molecule has 3 saturated carbocycles. The summed E-state index contributed by atoms with van der Waals surface area (Å²) >= 11 is 0. The molecule has 33 heavy (non-hydrogen) atoms. The average molecular weight is 455 g/mol. The van der Waals surface area contributed by atoms with Crippen LogP contribution in [0.4, 0.5) is 8.78 Å². The van der Waals surface area contributed by atoms with Gasteiger partial charge in [-0.2, -0.15) is 0 Å². The Morgan fingerprint density at radius 1 is 1.03 bits per heavy atom. The fourth-order valence-corrected chi connectivity index (χ4v) is 8.78. The van der Waals surface area contributed by atoms with E-state index >= 15 is 0 Å². The summed E-state index contributed by atoms with van der Waals surface area (Å²) in [4.78, 5) is 24.9. The minimum Gasteiger partial charge on any atom is -0.300 e. The minimum atomic E-state index is -0.799. The first-order valence-electron chi connectivity index (χ1n) is 12.9. The van der Waals surface area contributed by atoms with E-state index in [9.17, 15) is 18.4 Å². The molecule has 4 heteroatoms. The molecule has 4 aliphatic carbocycles. The number of benzene rings is 1. The van der Waals surface area contributed by atoms with Gasteiger partial charge >= 0.3 is 0 Å². The third-order valence-electron chi connectivity index (χ3n) is 10.3. The van der Waals surface area contributed by atoms with Gasteiger partial charge in [0.1, 0.15) is 5.78 Å². The van der Waals surface area contributed by atoms with Crippen LogP contribution in [0.25, 0.3) is 0 Å². The second-order valence-corrected chi connectivity index (χ2v) is 11.6. The zero-order chi connectivity index (χ0) is 23.4. The molecule has 3 fully saturated rings. The number of carbonyl (C=O) groups is 2. The lowest BCUT2D eigenvalue weighted by Gasteiger charge is -2.59. The number of rotatable bonds is 5. The van der Waals surface area contributed by atoms with Crippen molar-refractivity contribution < 1.29 is 18.4 Å². The summed E-state index contributed by atoms with van der Waals surface area (Å²) in [5.41, 5.74) is 2.41. The van der Waals surface area contributed by atoms with E-state index in [2.05, 4.69) is 6.92 Å². The lowest BCUT2D eigenvalue weighted by atomic mass is 9.45. The van der Waals surface area contributed by atoms with Gasteiger partial charge in [-0.05, 0) is 123 Å². The van der Waals surface area contributed by atoms with E-state index in [1.54, 1.807) is 13.0 Å². The van der Waals surface area contributed by atoms with Gasteiger partial charge in [-0.1, -0.05) is 18.6 Å².